The molecule has 0 aliphatic carbocycles. The molecule has 2 aromatic rings. The van der Waals surface area contributed by atoms with Crippen LogP contribution < -0.4 is 5.32 Å². The molecule has 2 heterocycles. The normalized spacial score (nSPS) is 12.5. The molecule has 1 N–H and O–H groups in total. The van der Waals surface area contributed by atoms with Crippen LogP contribution >= 0.6 is 22.7 Å². The predicted molar refractivity (Wildman–Crippen MR) is 95.1 cm³/mol. The highest BCUT2D eigenvalue weighted by Gasteiger charge is 2.33. The lowest BCUT2D eigenvalue weighted by Crippen LogP contribution is -2.38. The van der Waals surface area contributed by atoms with Crippen molar-refractivity contribution in [3.63, 3.8) is 0 Å². The smallest absolute Gasteiger partial charge is 0.357 e. The minimum absolute atomic E-state index is 0.369. The van der Waals surface area contributed by atoms with Crippen molar-refractivity contribution >= 4 is 28.6 Å². The van der Waals surface area contributed by atoms with Gasteiger partial charge < -0.3 is 10.2 Å². The number of aromatic nitrogens is 2. The van der Waals surface area contributed by atoms with Gasteiger partial charge in [0.25, 0.3) is 0 Å². The number of aliphatic imine (C=N–C) groups is 1. The summed E-state index contributed by atoms with van der Waals surface area (Å²) in [6.45, 7) is 5.61. The fourth-order valence-electron chi connectivity index (χ4n) is 2.08. The van der Waals surface area contributed by atoms with Crippen molar-refractivity contribution in [2.45, 2.75) is 33.0 Å². The summed E-state index contributed by atoms with van der Waals surface area (Å²) in [5, 5.41) is 7.67. The van der Waals surface area contributed by atoms with Crippen molar-refractivity contribution in [1.29, 1.82) is 0 Å². The molecule has 2 aromatic heterocycles. The summed E-state index contributed by atoms with van der Waals surface area (Å²) >= 11 is 2.61. The second-order valence-electron chi connectivity index (χ2n) is 5.32. The maximum atomic E-state index is 12.6. The highest BCUT2D eigenvalue weighted by Crippen LogP contribution is 2.30. The van der Waals surface area contributed by atoms with E-state index in [2.05, 4.69) is 20.3 Å². The Balaban J connectivity index is 1.95. The van der Waals surface area contributed by atoms with Crippen LogP contribution in [0.2, 0.25) is 0 Å². The number of aryl methyl sites for hydroxylation is 1. The third-order valence-corrected chi connectivity index (χ3v) is 4.92. The van der Waals surface area contributed by atoms with Gasteiger partial charge in [-0.3, -0.25) is 4.99 Å². The number of halogens is 3. The molecule has 0 amide bonds. The number of hydrogen-bond donors (Lipinski definition) is 1. The molecule has 25 heavy (non-hydrogen) atoms. The number of rotatable bonds is 6. The molecule has 10 heteroatoms. The average molecular weight is 391 g/mol. The molecule has 0 spiro atoms. The third kappa shape index (κ3) is 5.96. The van der Waals surface area contributed by atoms with Crippen LogP contribution in [0.15, 0.2) is 15.8 Å². The van der Waals surface area contributed by atoms with Gasteiger partial charge in [0.1, 0.15) is 0 Å². The largest absolute Gasteiger partial charge is 0.434 e. The number of guanidine groups is 1. The molecule has 0 bridgehead atoms. The summed E-state index contributed by atoms with van der Waals surface area (Å²) in [5.41, 5.74) is 0.129. The Hall–Kier alpha value is -1.68. The summed E-state index contributed by atoms with van der Waals surface area (Å²) in [6.07, 6.45) is -4.02. The quantitative estimate of drug-likeness (QED) is 0.604. The molecule has 0 aliphatic heterocycles. The standard InChI is InChI=1S/C15H20F3N5S2/c1-4-19-14(23(3)7-11-8-24-10(2)21-11)20-6-5-13-22-12(9-25-13)15(16,17)18/h8-9H,4-7H2,1-3H3,(H,19,20). The molecule has 0 saturated carbocycles. The molecule has 0 fully saturated rings. The van der Waals surface area contributed by atoms with Gasteiger partial charge in [-0.15, -0.1) is 22.7 Å². The molecule has 0 unspecified atom stereocenters. The van der Waals surface area contributed by atoms with E-state index in [0.717, 1.165) is 27.4 Å². The topological polar surface area (TPSA) is 53.4 Å². The zero-order valence-electron chi connectivity index (χ0n) is 14.2. The highest BCUT2D eigenvalue weighted by atomic mass is 32.1. The van der Waals surface area contributed by atoms with Crippen LogP contribution in [0.3, 0.4) is 0 Å². The first-order valence-electron chi connectivity index (χ1n) is 7.71. The Morgan fingerprint density at radius 2 is 2.04 bits per heavy atom. The Kier molecular flexibility index (Phi) is 6.77. The Morgan fingerprint density at radius 1 is 1.28 bits per heavy atom. The molecule has 0 aliphatic rings. The van der Waals surface area contributed by atoms with Crippen LogP contribution in [-0.4, -0.2) is 41.0 Å². The van der Waals surface area contributed by atoms with Crippen molar-refractivity contribution in [1.82, 2.24) is 20.2 Å². The molecule has 0 radical (unpaired) electrons. The Bertz CT molecular complexity index is 708. The SMILES string of the molecule is CCNC(=NCCc1nc(C(F)(F)F)cs1)N(C)Cc1csc(C)n1. The van der Waals surface area contributed by atoms with Gasteiger partial charge in [0.15, 0.2) is 11.7 Å². The lowest BCUT2D eigenvalue weighted by atomic mass is 10.4. The number of alkyl halides is 3. The van der Waals surface area contributed by atoms with E-state index in [9.17, 15) is 13.2 Å². The van der Waals surface area contributed by atoms with E-state index < -0.39 is 11.9 Å². The number of thiazole rings is 2. The van der Waals surface area contributed by atoms with Crippen molar-refractivity contribution in [2.24, 2.45) is 4.99 Å². The van der Waals surface area contributed by atoms with E-state index in [1.54, 1.807) is 11.3 Å². The minimum atomic E-state index is -4.39. The van der Waals surface area contributed by atoms with Crippen molar-refractivity contribution in [3.8, 4) is 0 Å². The lowest BCUT2D eigenvalue weighted by Gasteiger charge is -2.21. The summed E-state index contributed by atoms with van der Waals surface area (Å²) in [4.78, 5) is 14.5. The molecule has 138 valence electrons. The first-order valence-corrected chi connectivity index (χ1v) is 9.47. The fraction of sp³-hybridized carbons (Fsp3) is 0.533. The van der Waals surface area contributed by atoms with Crippen LogP contribution in [-0.2, 0) is 19.1 Å². The van der Waals surface area contributed by atoms with Crippen LogP contribution in [0.25, 0.3) is 0 Å². The summed E-state index contributed by atoms with van der Waals surface area (Å²) in [5.74, 6) is 0.695. The maximum Gasteiger partial charge on any atom is 0.434 e. The van der Waals surface area contributed by atoms with Crippen LogP contribution in [0, 0.1) is 6.92 Å². The van der Waals surface area contributed by atoms with Gasteiger partial charge in [-0.25, -0.2) is 9.97 Å². The first-order chi connectivity index (χ1) is 11.8. The van der Waals surface area contributed by atoms with Gasteiger partial charge in [-0.05, 0) is 13.8 Å². The first kappa shape index (κ1) is 19.6. The zero-order chi connectivity index (χ0) is 18.4. The highest BCUT2D eigenvalue weighted by molar-refractivity contribution is 7.09. The van der Waals surface area contributed by atoms with Gasteiger partial charge >= 0.3 is 6.18 Å². The lowest BCUT2D eigenvalue weighted by molar-refractivity contribution is -0.140. The molecular formula is C15H20F3N5S2. The molecule has 2 rings (SSSR count). The molecule has 0 atom stereocenters. The van der Waals surface area contributed by atoms with Crippen LogP contribution in [0.4, 0.5) is 13.2 Å². The van der Waals surface area contributed by atoms with E-state index in [1.807, 2.05) is 31.2 Å². The Morgan fingerprint density at radius 3 is 2.60 bits per heavy atom. The summed E-state index contributed by atoms with van der Waals surface area (Å²) in [6, 6.07) is 0. The van der Waals surface area contributed by atoms with Crippen molar-refractivity contribution < 1.29 is 13.2 Å². The van der Waals surface area contributed by atoms with E-state index in [1.165, 1.54) is 0 Å². The number of nitrogens with zero attached hydrogens (tertiary/aromatic N) is 4. The van der Waals surface area contributed by atoms with Gasteiger partial charge in [-0.2, -0.15) is 13.2 Å². The van der Waals surface area contributed by atoms with E-state index >= 15 is 0 Å². The van der Waals surface area contributed by atoms with E-state index in [4.69, 9.17) is 0 Å². The minimum Gasteiger partial charge on any atom is -0.357 e. The molecular weight excluding hydrogens is 371 g/mol. The van der Waals surface area contributed by atoms with E-state index in [-0.39, 0.29) is 0 Å². The van der Waals surface area contributed by atoms with Crippen molar-refractivity contribution in [2.75, 3.05) is 20.1 Å². The van der Waals surface area contributed by atoms with Crippen LogP contribution in [0.1, 0.15) is 28.3 Å². The van der Waals surface area contributed by atoms with Crippen molar-refractivity contribution in [3.05, 3.63) is 32.2 Å². The van der Waals surface area contributed by atoms with E-state index in [0.29, 0.717) is 37.0 Å². The molecule has 0 aromatic carbocycles. The number of hydrogen-bond acceptors (Lipinski definition) is 5. The van der Waals surface area contributed by atoms with Gasteiger partial charge in [0, 0.05) is 37.3 Å². The second kappa shape index (κ2) is 8.61. The maximum absolute atomic E-state index is 12.6. The van der Waals surface area contributed by atoms with Gasteiger partial charge in [0.05, 0.1) is 22.3 Å². The monoisotopic (exact) mass is 391 g/mol. The summed E-state index contributed by atoms with van der Waals surface area (Å²) < 4.78 is 37.7. The van der Waals surface area contributed by atoms with Gasteiger partial charge in [-0.1, -0.05) is 0 Å². The number of nitrogens with one attached hydrogen (secondary N) is 1. The molecule has 0 saturated heterocycles. The Labute approximate surface area is 152 Å². The van der Waals surface area contributed by atoms with Gasteiger partial charge in [0.2, 0.25) is 0 Å². The summed E-state index contributed by atoms with van der Waals surface area (Å²) in [7, 11) is 1.90. The molecule has 5 nitrogen and oxygen atoms in total. The second-order valence-corrected chi connectivity index (χ2v) is 7.33. The predicted octanol–water partition coefficient (Wildman–Crippen LogP) is 3.57. The fourth-order valence-corrected chi connectivity index (χ4v) is 3.48. The average Bonchev–Trinajstić information content (AvgIpc) is 3.15. The zero-order valence-corrected chi connectivity index (χ0v) is 15.9. The third-order valence-electron chi connectivity index (χ3n) is 3.19. The van der Waals surface area contributed by atoms with Crippen LogP contribution in [0.5, 0.6) is 0 Å².